The number of nitro groups is 1. The molecule has 0 spiro atoms. The Hall–Kier alpha value is -3.75. The van der Waals surface area contributed by atoms with Gasteiger partial charge in [-0.05, 0) is 18.6 Å². The first kappa shape index (κ1) is 18.1. The van der Waals surface area contributed by atoms with Crippen LogP contribution < -0.4 is 10.6 Å². The molecule has 1 atom stereocenters. The number of benzene rings is 2. The lowest BCUT2D eigenvalue weighted by molar-refractivity contribution is -0.384. The molecule has 0 bridgehead atoms. The second-order valence-corrected chi connectivity index (χ2v) is 6.17. The molecule has 138 valence electrons. The standard InChI is InChI=1S/C18H16N4O5/c1-18(12-6-3-2-4-7-12)16(24)21(17(25)20-18)11-15(23)19-13-8-5-9-14(10-13)22(26)27/h2-10H,11H2,1H3,(H,19,23)(H,20,25). The van der Waals surface area contributed by atoms with E-state index >= 15 is 0 Å². The van der Waals surface area contributed by atoms with Gasteiger partial charge in [0.25, 0.3) is 11.6 Å². The van der Waals surface area contributed by atoms with E-state index in [2.05, 4.69) is 10.6 Å². The third-order valence-electron chi connectivity index (χ3n) is 4.27. The van der Waals surface area contributed by atoms with Crippen LogP contribution in [0.15, 0.2) is 54.6 Å². The van der Waals surface area contributed by atoms with E-state index in [0.717, 1.165) is 4.90 Å². The summed E-state index contributed by atoms with van der Waals surface area (Å²) in [6.07, 6.45) is 0. The Morgan fingerprint density at radius 1 is 1.19 bits per heavy atom. The van der Waals surface area contributed by atoms with E-state index in [4.69, 9.17) is 0 Å². The van der Waals surface area contributed by atoms with Crippen LogP contribution in [0.25, 0.3) is 0 Å². The highest BCUT2D eigenvalue weighted by atomic mass is 16.6. The third kappa shape index (κ3) is 3.47. The van der Waals surface area contributed by atoms with Gasteiger partial charge in [-0.3, -0.25) is 24.6 Å². The zero-order valence-electron chi connectivity index (χ0n) is 14.3. The Morgan fingerprint density at radius 3 is 2.56 bits per heavy atom. The Labute approximate surface area is 154 Å². The first-order valence-electron chi connectivity index (χ1n) is 8.05. The summed E-state index contributed by atoms with van der Waals surface area (Å²) >= 11 is 0. The molecular formula is C18H16N4O5. The van der Waals surface area contributed by atoms with Crippen molar-refractivity contribution < 1.29 is 19.3 Å². The molecule has 2 aromatic rings. The Balaban J connectivity index is 1.73. The normalized spacial score (nSPS) is 18.9. The van der Waals surface area contributed by atoms with Crippen molar-refractivity contribution in [3.05, 3.63) is 70.3 Å². The highest BCUT2D eigenvalue weighted by Crippen LogP contribution is 2.28. The number of hydrogen-bond donors (Lipinski definition) is 2. The predicted molar refractivity (Wildman–Crippen MR) is 95.8 cm³/mol. The molecule has 1 heterocycles. The van der Waals surface area contributed by atoms with E-state index < -0.39 is 34.9 Å². The van der Waals surface area contributed by atoms with Gasteiger partial charge in [0.05, 0.1) is 4.92 Å². The average Bonchev–Trinajstić information content (AvgIpc) is 2.87. The molecule has 9 nitrogen and oxygen atoms in total. The molecule has 3 rings (SSSR count). The molecule has 1 fully saturated rings. The number of anilines is 1. The molecule has 1 unspecified atom stereocenters. The number of rotatable bonds is 5. The van der Waals surface area contributed by atoms with Gasteiger partial charge in [0, 0.05) is 17.8 Å². The first-order valence-corrected chi connectivity index (χ1v) is 8.05. The molecule has 0 aromatic heterocycles. The lowest BCUT2D eigenvalue weighted by Gasteiger charge is -2.22. The zero-order valence-corrected chi connectivity index (χ0v) is 14.3. The third-order valence-corrected chi connectivity index (χ3v) is 4.27. The number of carbonyl (C=O) groups excluding carboxylic acids is 3. The summed E-state index contributed by atoms with van der Waals surface area (Å²) in [4.78, 5) is 48.2. The van der Waals surface area contributed by atoms with E-state index in [9.17, 15) is 24.5 Å². The number of carbonyl (C=O) groups is 3. The van der Waals surface area contributed by atoms with Crippen molar-refractivity contribution >= 4 is 29.2 Å². The minimum Gasteiger partial charge on any atom is -0.324 e. The number of nitrogens with zero attached hydrogens (tertiary/aromatic N) is 2. The fraction of sp³-hybridized carbons (Fsp3) is 0.167. The topological polar surface area (TPSA) is 122 Å². The maximum Gasteiger partial charge on any atom is 0.325 e. The number of urea groups is 1. The van der Waals surface area contributed by atoms with Crippen LogP contribution in [-0.2, 0) is 15.1 Å². The minimum atomic E-state index is -1.26. The van der Waals surface area contributed by atoms with Crippen molar-refractivity contribution in [2.24, 2.45) is 0 Å². The predicted octanol–water partition coefficient (Wildman–Crippen LogP) is 2.00. The van der Waals surface area contributed by atoms with Crippen molar-refractivity contribution in [3.63, 3.8) is 0 Å². The van der Waals surface area contributed by atoms with Crippen LogP contribution in [-0.4, -0.2) is 34.2 Å². The quantitative estimate of drug-likeness (QED) is 0.475. The Morgan fingerprint density at radius 2 is 1.89 bits per heavy atom. The largest absolute Gasteiger partial charge is 0.325 e. The number of non-ortho nitro benzene ring substituents is 1. The smallest absolute Gasteiger partial charge is 0.324 e. The molecule has 0 aliphatic carbocycles. The highest BCUT2D eigenvalue weighted by Gasteiger charge is 2.49. The fourth-order valence-corrected chi connectivity index (χ4v) is 2.85. The first-order chi connectivity index (χ1) is 12.8. The van der Waals surface area contributed by atoms with Gasteiger partial charge in [-0.15, -0.1) is 0 Å². The molecule has 2 aromatic carbocycles. The van der Waals surface area contributed by atoms with Crippen LogP contribution >= 0.6 is 0 Å². The molecular weight excluding hydrogens is 352 g/mol. The van der Waals surface area contributed by atoms with Crippen LogP contribution in [0.1, 0.15) is 12.5 Å². The van der Waals surface area contributed by atoms with Gasteiger partial charge in [-0.2, -0.15) is 0 Å². The van der Waals surface area contributed by atoms with Crippen LogP contribution in [0.5, 0.6) is 0 Å². The number of amides is 4. The zero-order chi connectivity index (χ0) is 19.6. The van der Waals surface area contributed by atoms with E-state index in [1.807, 2.05) is 0 Å². The lowest BCUT2D eigenvalue weighted by atomic mass is 9.92. The molecule has 1 aliphatic heterocycles. The molecule has 1 aliphatic rings. The molecule has 0 radical (unpaired) electrons. The number of imide groups is 1. The number of hydrogen-bond acceptors (Lipinski definition) is 5. The maximum atomic E-state index is 12.7. The van der Waals surface area contributed by atoms with Gasteiger partial charge in [0.2, 0.25) is 5.91 Å². The summed E-state index contributed by atoms with van der Waals surface area (Å²) < 4.78 is 0. The lowest BCUT2D eigenvalue weighted by Crippen LogP contribution is -2.42. The van der Waals surface area contributed by atoms with Crippen molar-refractivity contribution in [1.29, 1.82) is 0 Å². The highest BCUT2D eigenvalue weighted by molar-refractivity contribution is 6.10. The van der Waals surface area contributed by atoms with Gasteiger partial charge < -0.3 is 10.6 Å². The van der Waals surface area contributed by atoms with Crippen molar-refractivity contribution in [2.75, 3.05) is 11.9 Å². The van der Waals surface area contributed by atoms with Crippen molar-refractivity contribution in [1.82, 2.24) is 10.2 Å². The SMILES string of the molecule is CC1(c2ccccc2)NC(=O)N(CC(=O)Nc2cccc([N+](=O)[O-])c2)C1=O. The summed E-state index contributed by atoms with van der Waals surface area (Å²) in [6, 6.07) is 13.4. The van der Waals surface area contributed by atoms with E-state index in [1.54, 1.807) is 37.3 Å². The minimum absolute atomic E-state index is 0.181. The fourth-order valence-electron chi connectivity index (χ4n) is 2.85. The number of nitro benzene ring substituents is 1. The van der Waals surface area contributed by atoms with Crippen LogP contribution in [0.3, 0.4) is 0 Å². The van der Waals surface area contributed by atoms with Gasteiger partial charge in [0.15, 0.2) is 0 Å². The van der Waals surface area contributed by atoms with Gasteiger partial charge in [0.1, 0.15) is 12.1 Å². The molecule has 27 heavy (non-hydrogen) atoms. The van der Waals surface area contributed by atoms with Gasteiger partial charge in [-0.1, -0.05) is 36.4 Å². The Kier molecular flexibility index (Phi) is 4.59. The van der Waals surface area contributed by atoms with Crippen LogP contribution in [0.4, 0.5) is 16.2 Å². The van der Waals surface area contributed by atoms with Crippen LogP contribution in [0.2, 0.25) is 0 Å². The summed E-state index contributed by atoms with van der Waals surface area (Å²) in [5, 5.41) is 15.9. The van der Waals surface area contributed by atoms with Crippen LogP contribution in [0, 0.1) is 10.1 Å². The molecule has 2 N–H and O–H groups in total. The molecule has 1 saturated heterocycles. The van der Waals surface area contributed by atoms with E-state index in [0.29, 0.717) is 5.56 Å². The van der Waals surface area contributed by atoms with E-state index in [-0.39, 0.29) is 11.4 Å². The maximum absolute atomic E-state index is 12.7. The molecule has 4 amide bonds. The Bertz CT molecular complexity index is 930. The van der Waals surface area contributed by atoms with Crippen molar-refractivity contribution in [3.8, 4) is 0 Å². The second kappa shape index (κ2) is 6.87. The van der Waals surface area contributed by atoms with Gasteiger partial charge >= 0.3 is 6.03 Å². The second-order valence-electron chi connectivity index (χ2n) is 6.17. The average molecular weight is 368 g/mol. The summed E-state index contributed by atoms with van der Waals surface area (Å²) in [5.41, 5.74) is -0.638. The summed E-state index contributed by atoms with van der Waals surface area (Å²) in [7, 11) is 0. The number of nitrogens with one attached hydrogen (secondary N) is 2. The molecule has 9 heteroatoms. The van der Waals surface area contributed by atoms with E-state index in [1.165, 1.54) is 24.3 Å². The summed E-state index contributed by atoms with van der Waals surface area (Å²) in [5.74, 6) is -1.19. The van der Waals surface area contributed by atoms with Gasteiger partial charge in [-0.25, -0.2) is 4.79 Å². The monoisotopic (exact) mass is 368 g/mol. The van der Waals surface area contributed by atoms with Crippen molar-refractivity contribution in [2.45, 2.75) is 12.5 Å². The summed E-state index contributed by atoms with van der Waals surface area (Å²) in [6.45, 7) is 1.07. The molecule has 0 saturated carbocycles.